The third-order valence-corrected chi connectivity index (χ3v) is 3.17. The molecule has 1 aliphatic carbocycles. The molecule has 1 aromatic rings. The van der Waals surface area contributed by atoms with E-state index in [0.29, 0.717) is 11.3 Å². The third kappa shape index (κ3) is 1.96. The van der Waals surface area contributed by atoms with E-state index in [1.54, 1.807) is 18.2 Å². The van der Waals surface area contributed by atoms with Crippen molar-refractivity contribution in [1.82, 2.24) is 0 Å². The maximum Gasteiger partial charge on any atom is 0.235 e. The predicted molar refractivity (Wildman–Crippen MR) is 61.6 cm³/mol. The first kappa shape index (κ1) is 11.8. The number of alkyl halides is 1. The number of ether oxygens (including phenoxy) is 1. The Labute approximate surface area is 99.3 Å². The number of hydrogen-bond donors (Lipinski definition) is 0. The average Bonchev–Trinajstić information content (AvgIpc) is 3.09. The maximum absolute atomic E-state index is 13.7. The van der Waals surface area contributed by atoms with E-state index in [9.17, 15) is 9.18 Å². The summed E-state index contributed by atoms with van der Waals surface area (Å²) in [6.45, 7) is 1.46. The van der Waals surface area contributed by atoms with Crippen molar-refractivity contribution in [1.29, 1.82) is 0 Å². The van der Waals surface area contributed by atoms with Gasteiger partial charge in [-0.25, -0.2) is 9.18 Å². The highest BCUT2D eigenvalue weighted by molar-refractivity contribution is 5.50. The smallest absolute Gasteiger partial charge is 0.235 e. The number of halogens is 1. The van der Waals surface area contributed by atoms with Crippen LogP contribution in [-0.4, -0.2) is 13.2 Å². The number of aliphatic imine (C=N–C) groups is 1. The van der Waals surface area contributed by atoms with E-state index in [2.05, 4.69) is 4.99 Å². The number of isocyanates is 1. The summed E-state index contributed by atoms with van der Waals surface area (Å²) in [6.07, 6.45) is 1.95. The largest absolute Gasteiger partial charge is 0.496 e. The lowest BCUT2D eigenvalue weighted by molar-refractivity contribution is 0.342. The van der Waals surface area contributed by atoms with E-state index < -0.39 is 11.7 Å². The topological polar surface area (TPSA) is 38.7 Å². The molecule has 0 aromatic heterocycles. The van der Waals surface area contributed by atoms with Crippen LogP contribution in [0.15, 0.2) is 23.2 Å². The second-order valence-electron chi connectivity index (χ2n) is 4.27. The first-order valence-electron chi connectivity index (χ1n) is 5.55. The fourth-order valence-corrected chi connectivity index (χ4v) is 2.19. The first-order valence-corrected chi connectivity index (χ1v) is 5.55. The van der Waals surface area contributed by atoms with Gasteiger partial charge in [0, 0.05) is 5.56 Å². The molecule has 0 saturated heterocycles. The van der Waals surface area contributed by atoms with Crippen LogP contribution in [-0.2, 0) is 10.3 Å². The van der Waals surface area contributed by atoms with Crippen LogP contribution < -0.4 is 4.74 Å². The molecule has 0 bridgehead atoms. The van der Waals surface area contributed by atoms with Gasteiger partial charge in [-0.2, -0.15) is 4.99 Å². The molecule has 1 unspecified atom stereocenters. The van der Waals surface area contributed by atoms with E-state index >= 15 is 0 Å². The Bertz CT molecular complexity index is 474. The zero-order valence-corrected chi connectivity index (χ0v) is 9.87. The lowest BCUT2D eigenvalue weighted by Gasteiger charge is -2.18. The van der Waals surface area contributed by atoms with Gasteiger partial charge in [0.05, 0.1) is 12.6 Å². The lowest BCUT2D eigenvalue weighted by Crippen LogP contribution is -2.09. The molecule has 0 radical (unpaired) electrons. The summed E-state index contributed by atoms with van der Waals surface area (Å²) in [6, 6.07) is 5.32. The van der Waals surface area contributed by atoms with Gasteiger partial charge < -0.3 is 4.74 Å². The van der Waals surface area contributed by atoms with Gasteiger partial charge in [-0.05, 0) is 31.4 Å². The van der Waals surface area contributed by atoms with Gasteiger partial charge in [0.1, 0.15) is 11.9 Å². The van der Waals surface area contributed by atoms with E-state index in [4.69, 9.17) is 4.74 Å². The summed E-state index contributed by atoms with van der Waals surface area (Å²) in [5.74, 6) is 0.505. The monoisotopic (exact) mass is 235 g/mol. The highest BCUT2D eigenvalue weighted by Crippen LogP contribution is 2.52. The van der Waals surface area contributed by atoms with E-state index in [0.717, 1.165) is 18.4 Å². The number of nitrogens with zero attached hydrogens (tertiary/aromatic N) is 1. The Kier molecular flexibility index (Phi) is 2.99. The molecule has 0 N–H and O–H groups in total. The van der Waals surface area contributed by atoms with Gasteiger partial charge in [0.2, 0.25) is 6.08 Å². The molecule has 90 valence electrons. The summed E-state index contributed by atoms with van der Waals surface area (Å²) in [7, 11) is 1.51. The Balaban J connectivity index is 2.58. The highest BCUT2D eigenvalue weighted by atomic mass is 19.1. The number of rotatable bonds is 4. The maximum atomic E-state index is 13.7. The molecule has 17 heavy (non-hydrogen) atoms. The minimum Gasteiger partial charge on any atom is -0.496 e. The second-order valence-corrected chi connectivity index (χ2v) is 4.27. The summed E-state index contributed by atoms with van der Waals surface area (Å²) in [5.41, 5.74) is 0.674. The SMILES string of the molecule is COc1cccc(C2(N=C=O)CC2)c1C(C)F. The van der Waals surface area contributed by atoms with Crippen molar-refractivity contribution >= 4 is 6.08 Å². The molecule has 1 aliphatic rings. The van der Waals surface area contributed by atoms with Crippen molar-refractivity contribution in [3.8, 4) is 5.75 Å². The van der Waals surface area contributed by atoms with Crippen molar-refractivity contribution < 1.29 is 13.9 Å². The van der Waals surface area contributed by atoms with E-state index in [1.807, 2.05) is 6.07 Å². The molecule has 4 heteroatoms. The van der Waals surface area contributed by atoms with Gasteiger partial charge in [-0.15, -0.1) is 0 Å². The van der Waals surface area contributed by atoms with Crippen LogP contribution >= 0.6 is 0 Å². The fraction of sp³-hybridized carbons (Fsp3) is 0.462. The van der Waals surface area contributed by atoms with Crippen LogP contribution in [0.3, 0.4) is 0 Å². The molecule has 1 aromatic carbocycles. The molecule has 2 rings (SSSR count). The highest BCUT2D eigenvalue weighted by Gasteiger charge is 2.47. The van der Waals surface area contributed by atoms with Crippen LogP contribution in [0, 0.1) is 0 Å². The molecule has 0 aliphatic heterocycles. The Morgan fingerprint density at radius 1 is 1.53 bits per heavy atom. The number of hydrogen-bond acceptors (Lipinski definition) is 3. The number of benzene rings is 1. The van der Waals surface area contributed by atoms with Crippen molar-refractivity contribution in [3.05, 3.63) is 29.3 Å². The van der Waals surface area contributed by atoms with Crippen molar-refractivity contribution in [3.63, 3.8) is 0 Å². The van der Waals surface area contributed by atoms with E-state index in [1.165, 1.54) is 14.0 Å². The fourth-order valence-electron chi connectivity index (χ4n) is 2.19. The van der Waals surface area contributed by atoms with Gasteiger partial charge in [0.15, 0.2) is 0 Å². The normalized spacial score (nSPS) is 18.1. The zero-order valence-electron chi connectivity index (χ0n) is 9.87. The number of methoxy groups -OCH3 is 1. The molecule has 1 saturated carbocycles. The van der Waals surface area contributed by atoms with Crippen LogP contribution in [0.4, 0.5) is 4.39 Å². The molecule has 3 nitrogen and oxygen atoms in total. The van der Waals surface area contributed by atoms with Crippen LogP contribution in [0.2, 0.25) is 0 Å². The predicted octanol–water partition coefficient (Wildman–Crippen LogP) is 3.05. The molecule has 1 fully saturated rings. The molecular weight excluding hydrogens is 221 g/mol. The van der Waals surface area contributed by atoms with E-state index in [-0.39, 0.29) is 0 Å². The van der Waals surface area contributed by atoms with Crippen molar-refractivity contribution in [2.24, 2.45) is 4.99 Å². The lowest BCUT2D eigenvalue weighted by atomic mass is 9.95. The number of carbonyl (C=O) groups excluding carboxylic acids is 1. The summed E-state index contributed by atoms with van der Waals surface area (Å²) < 4.78 is 18.9. The van der Waals surface area contributed by atoms with Gasteiger partial charge >= 0.3 is 0 Å². The van der Waals surface area contributed by atoms with Gasteiger partial charge in [-0.1, -0.05) is 12.1 Å². The third-order valence-electron chi connectivity index (χ3n) is 3.17. The first-order chi connectivity index (χ1) is 8.14. The molecule has 0 heterocycles. The standard InChI is InChI=1S/C13H14FNO2/c1-9(14)12-10(4-3-5-11(12)17-2)13(6-7-13)15-8-16/h3-5,9H,6-7H2,1-2H3. The van der Waals surface area contributed by atoms with Crippen LogP contribution in [0.1, 0.15) is 37.1 Å². The minimum absolute atomic E-state index is 0.492. The van der Waals surface area contributed by atoms with Crippen molar-refractivity contribution in [2.45, 2.75) is 31.5 Å². The quantitative estimate of drug-likeness (QED) is 0.594. The molecule has 1 atom stereocenters. The summed E-state index contributed by atoms with van der Waals surface area (Å²) in [5, 5.41) is 0. The second kappa shape index (κ2) is 4.30. The zero-order chi connectivity index (χ0) is 12.5. The molecule has 0 spiro atoms. The molecule has 0 amide bonds. The molecular formula is C13H14FNO2. The Morgan fingerprint density at radius 3 is 2.71 bits per heavy atom. The Morgan fingerprint density at radius 2 is 2.24 bits per heavy atom. The van der Waals surface area contributed by atoms with Crippen LogP contribution in [0.25, 0.3) is 0 Å². The Hall–Kier alpha value is -1.67. The summed E-state index contributed by atoms with van der Waals surface area (Å²) >= 11 is 0. The minimum atomic E-state index is -1.15. The van der Waals surface area contributed by atoms with Crippen LogP contribution in [0.5, 0.6) is 5.75 Å². The summed E-state index contributed by atoms with van der Waals surface area (Å²) in [4.78, 5) is 14.3. The average molecular weight is 235 g/mol. The van der Waals surface area contributed by atoms with Gasteiger partial charge in [0.25, 0.3) is 0 Å². The van der Waals surface area contributed by atoms with Gasteiger partial charge in [-0.3, -0.25) is 0 Å². The van der Waals surface area contributed by atoms with Crippen molar-refractivity contribution in [2.75, 3.05) is 7.11 Å².